The molecule has 0 aliphatic heterocycles. The van der Waals surface area contributed by atoms with Gasteiger partial charge in [-0.3, -0.25) is 0 Å². The third kappa shape index (κ3) is 3.84. The summed E-state index contributed by atoms with van der Waals surface area (Å²) in [5.41, 5.74) is 16.5. The number of hydrogen-bond acceptors (Lipinski definition) is 1. The van der Waals surface area contributed by atoms with Crippen LogP contribution in [0.1, 0.15) is 0 Å². The number of fused-ring (bicyclic) bond motifs is 14. The van der Waals surface area contributed by atoms with Crippen LogP contribution in [0.25, 0.3) is 121 Å². The number of rotatable bonds is 3. The average Bonchev–Trinajstić information content (AvgIpc) is 3.98. The van der Waals surface area contributed by atoms with Crippen LogP contribution in [0.15, 0.2) is 186 Å². The Labute approximate surface area is 315 Å². The number of hydrogen-bond donors (Lipinski definition) is 0. The Kier molecular flexibility index (Phi) is 5.63. The standard InChI is InChI=1S/C52H30N2O/c1-2-10-31(11-3-1)32-20-22-34(23-21-32)54-44-28-29-47-51(40-15-5-7-19-46(40)55-47)49(44)41-26-27-45-50(52(41)54)39-14-4-6-18-43(39)53(45)35-24-25-36-37-16-8-12-33-13-9-17-38(48(33)37)42(36)30-35/h1-30H. The minimum atomic E-state index is 0.906. The lowest BCUT2D eigenvalue weighted by molar-refractivity contribution is 0.669. The lowest BCUT2D eigenvalue weighted by Crippen LogP contribution is -1.96. The minimum absolute atomic E-state index is 0.906. The van der Waals surface area contributed by atoms with Gasteiger partial charge in [-0.15, -0.1) is 0 Å². The summed E-state index contributed by atoms with van der Waals surface area (Å²) in [7, 11) is 0. The summed E-state index contributed by atoms with van der Waals surface area (Å²) in [4.78, 5) is 0. The third-order valence-corrected chi connectivity index (χ3v) is 12.0. The maximum absolute atomic E-state index is 6.48. The van der Waals surface area contributed by atoms with Crippen molar-refractivity contribution in [1.82, 2.24) is 9.13 Å². The molecule has 1 aliphatic rings. The van der Waals surface area contributed by atoms with Gasteiger partial charge in [-0.1, -0.05) is 127 Å². The largest absolute Gasteiger partial charge is 0.456 e. The molecule has 0 saturated heterocycles. The second kappa shape index (κ2) is 10.6. The van der Waals surface area contributed by atoms with E-state index in [0.717, 1.165) is 38.8 Å². The quantitative estimate of drug-likeness (QED) is 0.180. The molecule has 254 valence electrons. The van der Waals surface area contributed by atoms with Gasteiger partial charge in [0, 0.05) is 43.7 Å². The molecule has 3 nitrogen and oxygen atoms in total. The van der Waals surface area contributed by atoms with Crippen molar-refractivity contribution < 1.29 is 4.42 Å². The van der Waals surface area contributed by atoms with E-state index in [2.05, 4.69) is 191 Å². The minimum Gasteiger partial charge on any atom is -0.456 e. The molecule has 13 rings (SSSR count). The summed E-state index contributed by atoms with van der Waals surface area (Å²) in [5, 5.41) is 9.83. The Morgan fingerprint density at radius 1 is 0.327 bits per heavy atom. The number of nitrogens with zero attached hydrogens (tertiary/aromatic N) is 2. The number of para-hydroxylation sites is 2. The van der Waals surface area contributed by atoms with Crippen molar-refractivity contribution in [2.24, 2.45) is 0 Å². The molecule has 3 heteroatoms. The molecule has 0 atom stereocenters. The molecule has 0 N–H and O–H groups in total. The van der Waals surface area contributed by atoms with Crippen molar-refractivity contribution in [3.05, 3.63) is 182 Å². The van der Waals surface area contributed by atoms with E-state index in [-0.39, 0.29) is 0 Å². The van der Waals surface area contributed by atoms with Crippen molar-refractivity contribution >= 4 is 76.3 Å². The highest BCUT2D eigenvalue weighted by atomic mass is 16.3. The second-order valence-electron chi connectivity index (χ2n) is 14.8. The highest BCUT2D eigenvalue weighted by molar-refractivity contribution is 6.33. The van der Waals surface area contributed by atoms with Crippen molar-refractivity contribution in [3.63, 3.8) is 0 Å². The molecular weight excluding hydrogens is 669 g/mol. The van der Waals surface area contributed by atoms with Crippen LogP contribution in [0.3, 0.4) is 0 Å². The summed E-state index contributed by atoms with van der Waals surface area (Å²) in [6.45, 7) is 0. The Bertz CT molecular complexity index is 3570. The predicted molar refractivity (Wildman–Crippen MR) is 230 cm³/mol. The third-order valence-electron chi connectivity index (χ3n) is 12.0. The molecule has 0 bridgehead atoms. The van der Waals surface area contributed by atoms with E-state index < -0.39 is 0 Å². The normalized spacial score (nSPS) is 12.4. The van der Waals surface area contributed by atoms with Gasteiger partial charge in [0.25, 0.3) is 0 Å². The van der Waals surface area contributed by atoms with E-state index in [1.807, 2.05) is 0 Å². The second-order valence-corrected chi connectivity index (χ2v) is 14.8. The van der Waals surface area contributed by atoms with Gasteiger partial charge in [-0.25, -0.2) is 0 Å². The van der Waals surface area contributed by atoms with E-state index >= 15 is 0 Å². The molecule has 3 heterocycles. The maximum atomic E-state index is 6.48. The first-order chi connectivity index (χ1) is 27.3. The smallest absolute Gasteiger partial charge is 0.136 e. The monoisotopic (exact) mass is 698 g/mol. The van der Waals surface area contributed by atoms with Crippen LogP contribution < -0.4 is 0 Å². The molecular formula is C52H30N2O. The topological polar surface area (TPSA) is 23.0 Å². The predicted octanol–water partition coefficient (Wildman–Crippen LogP) is 14.2. The molecule has 1 aliphatic carbocycles. The summed E-state index contributed by atoms with van der Waals surface area (Å²) in [6.07, 6.45) is 0. The van der Waals surface area contributed by atoms with Gasteiger partial charge in [0.1, 0.15) is 11.2 Å². The molecule has 0 amide bonds. The van der Waals surface area contributed by atoms with Crippen molar-refractivity contribution in [2.75, 3.05) is 0 Å². The molecule has 0 unspecified atom stereocenters. The van der Waals surface area contributed by atoms with E-state index in [1.165, 1.54) is 82.2 Å². The fraction of sp³-hybridized carbons (Fsp3) is 0. The first kappa shape index (κ1) is 29.1. The molecule has 9 aromatic carbocycles. The van der Waals surface area contributed by atoms with E-state index in [9.17, 15) is 0 Å². The van der Waals surface area contributed by atoms with Gasteiger partial charge >= 0.3 is 0 Å². The van der Waals surface area contributed by atoms with Crippen LogP contribution in [0.4, 0.5) is 0 Å². The molecule has 12 aromatic rings. The Morgan fingerprint density at radius 3 is 1.87 bits per heavy atom. The Hall–Kier alpha value is -7.36. The molecule has 0 saturated carbocycles. The van der Waals surface area contributed by atoms with Gasteiger partial charge < -0.3 is 13.6 Å². The lowest BCUT2D eigenvalue weighted by atomic mass is 10.0. The Morgan fingerprint density at radius 2 is 1.02 bits per heavy atom. The zero-order valence-electron chi connectivity index (χ0n) is 29.6. The first-order valence-electron chi connectivity index (χ1n) is 18.9. The Balaban J connectivity index is 1.15. The first-order valence-corrected chi connectivity index (χ1v) is 18.9. The number of furan rings is 1. The van der Waals surface area contributed by atoms with Crippen molar-refractivity contribution in [3.8, 4) is 44.8 Å². The van der Waals surface area contributed by atoms with Crippen LogP contribution >= 0.6 is 0 Å². The van der Waals surface area contributed by atoms with Gasteiger partial charge in [0.15, 0.2) is 0 Å². The summed E-state index contributed by atoms with van der Waals surface area (Å²) in [6, 6.07) is 66.4. The summed E-state index contributed by atoms with van der Waals surface area (Å²) < 4.78 is 11.4. The van der Waals surface area contributed by atoms with E-state index in [1.54, 1.807) is 0 Å². The van der Waals surface area contributed by atoms with Gasteiger partial charge in [0.2, 0.25) is 0 Å². The number of aromatic nitrogens is 2. The van der Waals surface area contributed by atoms with Gasteiger partial charge in [-0.05, 0) is 98.8 Å². The summed E-state index contributed by atoms with van der Waals surface area (Å²) in [5.74, 6) is 0. The average molecular weight is 699 g/mol. The zero-order valence-corrected chi connectivity index (χ0v) is 29.6. The van der Waals surface area contributed by atoms with Gasteiger partial charge in [0.05, 0.1) is 22.1 Å². The van der Waals surface area contributed by atoms with Gasteiger partial charge in [-0.2, -0.15) is 0 Å². The molecule has 0 radical (unpaired) electrons. The fourth-order valence-electron chi connectivity index (χ4n) is 9.76. The van der Waals surface area contributed by atoms with Crippen molar-refractivity contribution in [2.45, 2.75) is 0 Å². The lowest BCUT2D eigenvalue weighted by Gasteiger charge is -2.12. The molecule has 55 heavy (non-hydrogen) atoms. The van der Waals surface area contributed by atoms with Crippen molar-refractivity contribution in [1.29, 1.82) is 0 Å². The molecule has 3 aromatic heterocycles. The fourth-order valence-corrected chi connectivity index (χ4v) is 9.76. The van der Waals surface area contributed by atoms with Crippen LogP contribution in [-0.4, -0.2) is 9.13 Å². The van der Waals surface area contributed by atoms with E-state index in [0.29, 0.717) is 0 Å². The van der Waals surface area contributed by atoms with Crippen LogP contribution in [0, 0.1) is 0 Å². The summed E-state index contributed by atoms with van der Waals surface area (Å²) >= 11 is 0. The SMILES string of the molecule is c1ccc(-c2ccc(-n3c4ccc5oc6ccccc6c5c4c4ccc5c(c6ccccc6n5-c5ccc6c(c5)-c5cccc7cccc-6c57)c43)cc2)cc1. The van der Waals surface area contributed by atoms with Crippen LogP contribution in [0.5, 0.6) is 0 Å². The maximum Gasteiger partial charge on any atom is 0.136 e. The highest BCUT2D eigenvalue weighted by Gasteiger charge is 2.26. The molecule has 0 spiro atoms. The van der Waals surface area contributed by atoms with Crippen LogP contribution in [-0.2, 0) is 0 Å². The zero-order chi connectivity index (χ0) is 35.8. The highest BCUT2D eigenvalue weighted by Crippen LogP contribution is 2.49. The number of benzene rings is 9. The van der Waals surface area contributed by atoms with E-state index in [4.69, 9.17) is 4.42 Å². The molecule has 0 fully saturated rings. The van der Waals surface area contributed by atoms with Crippen LogP contribution in [0.2, 0.25) is 0 Å².